The summed E-state index contributed by atoms with van der Waals surface area (Å²) in [5.74, 6) is -1.90. The Morgan fingerprint density at radius 3 is 2.48 bits per heavy atom. The summed E-state index contributed by atoms with van der Waals surface area (Å²) < 4.78 is 17.9. The number of halogens is 1. The zero-order valence-corrected chi connectivity index (χ0v) is 16.2. The van der Waals surface area contributed by atoms with Gasteiger partial charge in [-0.15, -0.1) is 11.3 Å². The van der Waals surface area contributed by atoms with E-state index in [0.717, 1.165) is 21.8 Å². The maximum Gasteiger partial charge on any atom is 0.348 e. The third-order valence-corrected chi connectivity index (χ3v) is 5.17. The average molecular weight is 392 g/mol. The van der Waals surface area contributed by atoms with Gasteiger partial charge in [-0.25, -0.2) is 9.18 Å². The summed E-state index contributed by atoms with van der Waals surface area (Å²) in [5.41, 5.74) is 1.45. The number of hydrogen-bond acceptors (Lipinski definition) is 5. The van der Waals surface area contributed by atoms with Crippen LogP contribution in [0.2, 0.25) is 0 Å². The van der Waals surface area contributed by atoms with Gasteiger partial charge in [0.2, 0.25) is 5.91 Å². The normalized spacial score (nSPS) is 10.4. The van der Waals surface area contributed by atoms with Crippen LogP contribution in [0.5, 0.6) is 0 Å². The van der Waals surface area contributed by atoms with Crippen LogP contribution in [0.15, 0.2) is 30.3 Å². The van der Waals surface area contributed by atoms with Crippen LogP contribution in [0, 0.1) is 12.7 Å². The zero-order chi connectivity index (χ0) is 20.0. The Morgan fingerprint density at radius 2 is 1.89 bits per heavy atom. The molecule has 6 nitrogen and oxygen atoms in total. The third-order valence-electron chi connectivity index (χ3n) is 3.80. The number of nitrogens with zero attached hydrogens (tertiary/aromatic N) is 1. The molecule has 0 unspecified atom stereocenters. The Balaban J connectivity index is 1.81. The molecule has 2 aromatic rings. The van der Waals surface area contributed by atoms with E-state index in [0.29, 0.717) is 10.6 Å². The number of aryl methyl sites for hydroxylation is 2. The molecule has 2 amide bonds. The van der Waals surface area contributed by atoms with Gasteiger partial charge in [-0.1, -0.05) is 6.92 Å². The van der Waals surface area contributed by atoms with Gasteiger partial charge < -0.3 is 15.0 Å². The zero-order valence-electron chi connectivity index (χ0n) is 15.4. The number of rotatable bonds is 7. The first-order chi connectivity index (χ1) is 12.8. The largest absolute Gasteiger partial charge is 0.451 e. The van der Waals surface area contributed by atoms with Crippen molar-refractivity contribution in [2.24, 2.45) is 0 Å². The molecule has 1 aromatic carbocycles. The summed E-state index contributed by atoms with van der Waals surface area (Å²) in [6.07, 6.45) is 0.828. The molecule has 0 fully saturated rings. The second kappa shape index (κ2) is 9.27. The van der Waals surface area contributed by atoms with Crippen LogP contribution in [-0.2, 0) is 20.7 Å². The van der Waals surface area contributed by atoms with E-state index in [1.165, 1.54) is 42.6 Å². The van der Waals surface area contributed by atoms with Crippen LogP contribution < -0.4 is 5.32 Å². The lowest BCUT2D eigenvalue weighted by atomic mass is 10.2. The van der Waals surface area contributed by atoms with Crippen molar-refractivity contribution in [2.75, 3.05) is 25.5 Å². The summed E-state index contributed by atoms with van der Waals surface area (Å²) in [4.78, 5) is 38.8. The second-order valence-electron chi connectivity index (χ2n) is 5.95. The van der Waals surface area contributed by atoms with Crippen LogP contribution in [0.4, 0.5) is 10.1 Å². The van der Waals surface area contributed by atoms with E-state index in [1.807, 2.05) is 13.8 Å². The molecule has 1 aromatic heterocycles. The molecule has 0 bridgehead atoms. The fraction of sp³-hybridized carbons (Fsp3) is 0.316. The number of likely N-dealkylation sites (N-methyl/N-ethyl adjacent to an activating group) is 1. The Hall–Kier alpha value is -2.74. The van der Waals surface area contributed by atoms with Gasteiger partial charge in [0.1, 0.15) is 10.7 Å². The van der Waals surface area contributed by atoms with E-state index >= 15 is 0 Å². The highest BCUT2D eigenvalue weighted by Crippen LogP contribution is 2.23. The maximum atomic E-state index is 12.9. The van der Waals surface area contributed by atoms with Crippen molar-refractivity contribution in [3.8, 4) is 0 Å². The molecule has 0 atom stereocenters. The minimum atomic E-state index is -0.555. The number of amides is 2. The molecule has 2 rings (SSSR count). The number of benzene rings is 1. The van der Waals surface area contributed by atoms with Crippen molar-refractivity contribution in [3.63, 3.8) is 0 Å². The van der Waals surface area contributed by atoms with Crippen molar-refractivity contribution in [1.29, 1.82) is 0 Å². The topological polar surface area (TPSA) is 75.7 Å². The third kappa shape index (κ3) is 5.89. The van der Waals surface area contributed by atoms with Crippen LogP contribution in [0.3, 0.4) is 0 Å². The predicted octanol–water partition coefficient (Wildman–Crippen LogP) is 3.01. The summed E-state index contributed by atoms with van der Waals surface area (Å²) in [6, 6.07) is 7.03. The van der Waals surface area contributed by atoms with Gasteiger partial charge in [-0.3, -0.25) is 9.59 Å². The summed E-state index contributed by atoms with van der Waals surface area (Å²) in [6.45, 7) is 3.26. The van der Waals surface area contributed by atoms with Crippen molar-refractivity contribution >= 4 is 34.8 Å². The van der Waals surface area contributed by atoms with E-state index in [9.17, 15) is 18.8 Å². The molecular formula is C19H21FN2O4S. The number of nitrogens with one attached hydrogen (secondary N) is 1. The molecule has 0 spiro atoms. The number of carbonyl (C=O) groups is 3. The van der Waals surface area contributed by atoms with Crippen LogP contribution >= 0.6 is 11.3 Å². The van der Waals surface area contributed by atoms with Gasteiger partial charge in [0, 0.05) is 17.6 Å². The maximum absolute atomic E-state index is 12.9. The fourth-order valence-corrected chi connectivity index (χ4v) is 3.33. The SMILES string of the molecule is CCc1sc(C(=O)OCC(=O)N(C)CC(=O)Nc2ccc(F)cc2)cc1C. The van der Waals surface area contributed by atoms with Gasteiger partial charge in [-0.05, 0) is 49.2 Å². The molecule has 8 heteroatoms. The number of ether oxygens (including phenoxy) is 1. The Kier molecular flexibility index (Phi) is 7.06. The minimum absolute atomic E-state index is 0.216. The second-order valence-corrected chi connectivity index (χ2v) is 7.09. The van der Waals surface area contributed by atoms with Gasteiger partial charge in [-0.2, -0.15) is 0 Å². The molecular weight excluding hydrogens is 371 g/mol. The lowest BCUT2D eigenvalue weighted by Crippen LogP contribution is -2.37. The average Bonchev–Trinajstić information content (AvgIpc) is 3.02. The van der Waals surface area contributed by atoms with Crippen molar-refractivity contribution < 1.29 is 23.5 Å². The fourth-order valence-electron chi connectivity index (χ4n) is 2.32. The van der Waals surface area contributed by atoms with Crippen molar-refractivity contribution in [2.45, 2.75) is 20.3 Å². The number of anilines is 1. The monoisotopic (exact) mass is 392 g/mol. The number of thiophene rings is 1. The van der Waals surface area contributed by atoms with Crippen LogP contribution in [0.25, 0.3) is 0 Å². The summed E-state index contributed by atoms with van der Waals surface area (Å²) in [7, 11) is 1.44. The van der Waals surface area contributed by atoms with E-state index in [1.54, 1.807) is 6.07 Å². The van der Waals surface area contributed by atoms with Crippen LogP contribution in [0.1, 0.15) is 27.0 Å². The van der Waals surface area contributed by atoms with Gasteiger partial charge in [0.05, 0.1) is 6.54 Å². The van der Waals surface area contributed by atoms with Crippen LogP contribution in [-0.4, -0.2) is 42.9 Å². The molecule has 0 aliphatic carbocycles. The van der Waals surface area contributed by atoms with E-state index < -0.39 is 30.2 Å². The molecule has 27 heavy (non-hydrogen) atoms. The highest BCUT2D eigenvalue weighted by Gasteiger charge is 2.18. The van der Waals surface area contributed by atoms with E-state index in [-0.39, 0.29) is 6.54 Å². The molecule has 0 aliphatic heterocycles. The molecule has 1 N–H and O–H groups in total. The van der Waals surface area contributed by atoms with Crippen molar-refractivity contribution in [1.82, 2.24) is 4.90 Å². The van der Waals surface area contributed by atoms with E-state index in [4.69, 9.17) is 4.74 Å². The lowest BCUT2D eigenvalue weighted by Gasteiger charge is -2.16. The van der Waals surface area contributed by atoms with Crippen molar-refractivity contribution in [3.05, 3.63) is 51.5 Å². The molecule has 0 aliphatic rings. The first kappa shape index (κ1) is 20.6. The van der Waals surface area contributed by atoms with E-state index in [2.05, 4.69) is 5.32 Å². The number of carbonyl (C=O) groups excluding carboxylic acids is 3. The molecule has 0 saturated carbocycles. The smallest absolute Gasteiger partial charge is 0.348 e. The Morgan fingerprint density at radius 1 is 1.22 bits per heavy atom. The van der Waals surface area contributed by atoms with Gasteiger partial charge in [0.25, 0.3) is 5.91 Å². The summed E-state index contributed by atoms with van der Waals surface area (Å²) in [5, 5.41) is 2.56. The molecule has 0 radical (unpaired) electrons. The Labute approximate surface area is 160 Å². The quantitative estimate of drug-likeness (QED) is 0.735. The molecule has 144 valence electrons. The lowest BCUT2D eigenvalue weighted by molar-refractivity contribution is -0.136. The summed E-state index contributed by atoms with van der Waals surface area (Å²) >= 11 is 1.35. The number of esters is 1. The number of hydrogen-bond donors (Lipinski definition) is 1. The first-order valence-corrected chi connectivity index (χ1v) is 9.17. The Bertz CT molecular complexity index is 833. The standard InChI is InChI=1S/C19H21FN2O4S/c1-4-15-12(2)9-16(27-15)19(25)26-11-18(24)22(3)10-17(23)21-14-7-5-13(20)6-8-14/h5-9H,4,10-11H2,1-3H3,(H,21,23). The highest BCUT2D eigenvalue weighted by atomic mass is 32.1. The van der Waals surface area contributed by atoms with Gasteiger partial charge in [0.15, 0.2) is 6.61 Å². The van der Waals surface area contributed by atoms with Gasteiger partial charge >= 0.3 is 5.97 Å². The molecule has 1 heterocycles. The highest BCUT2D eigenvalue weighted by molar-refractivity contribution is 7.14. The first-order valence-electron chi connectivity index (χ1n) is 8.36. The predicted molar refractivity (Wildman–Crippen MR) is 101 cm³/mol. The molecule has 0 saturated heterocycles. The minimum Gasteiger partial charge on any atom is -0.451 e.